The van der Waals surface area contributed by atoms with Crippen LogP contribution in [0.4, 0.5) is 17.1 Å². The van der Waals surface area contributed by atoms with Crippen LogP contribution in [0.25, 0.3) is 66.4 Å². The van der Waals surface area contributed by atoms with Gasteiger partial charge in [-0.25, -0.2) is 4.98 Å². The van der Waals surface area contributed by atoms with Gasteiger partial charge in [0.1, 0.15) is 5.52 Å². The van der Waals surface area contributed by atoms with Crippen LogP contribution in [0.2, 0.25) is 0 Å². The predicted octanol–water partition coefficient (Wildman–Crippen LogP) is 12.6. The van der Waals surface area contributed by atoms with Crippen molar-refractivity contribution in [2.75, 3.05) is 4.90 Å². The summed E-state index contributed by atoms with van der Waals surface area (Å²) in [5.41, 5.74) is 10.6. The van der Waals surface area contributed by atoms with E-state index in [9.17, 15) is 0 Å². The fourth-order valence-electron chi connectivity index (χ4n) is 6.74. The summed E-state index contributed by atoms with van der Waals surface area (Å²) >= 11 is 0. The monoisotopic (exact) mass is 614 g/mol. The number of hydrogen-bond acceptors (Lipinski definition) is 3. The summed E-state index contributed by atoms with van der Waals surface area (Å²) in [6, 6.07) is 64.0. The number of rotatable bonds is 6. The molecule has 0 N–H and O–H groups in total. The molecule has 0 bridgehead atoms. The average Bonchev–Trinajstić information content (AvgIpc) is 3.61. The molecule has 0 aliphatic rings. The molecule has 9 rings (SSSR count). The smallest absolute Gasteiger partial charge is 0.227 e. The molecule has 3 nitrogen and oxygen atoms in total. The third-order valence-electron chi connectivity index (χ3n) is 9.08. The van der Waals surface area contributed by atoms with Crippen LogP contribution >= 0.6 is 0 Å². The highest BCUT2D eigenvalue weighted by Gasteiger charge is 2.19. The van der Waals surface area contributed by atoms with E-state index in [-0.39, 0.29) is 0 Å². The number of para-hydroxylation sites is 1. The fraction of sp³-hybridized carbons (Fsp3) is 0. The lowest BCUT2D eigenvalue weighted by Gasteiger charge is -2.28. The molecular formula is C45H30N2O. The summed E-state index contributed by atoms with van der Waals surface area (Å²) in [6.45, 7) is 0. The highest BCUT2D eigenvalue weighted by Crippen LogP contribution is 2.43. The molecule has 0 atom stereocenters. The van der Waals surface area contributed by atoms with E-state index in [4.69, 9.17) is 9.40 Å². The molecule has 0 fully saturated rings. The Morgan fingerprint density at radius 3 is 1.75 bits per heavy atom. The average molecular weight is 615 g/mol. The molecule has 1 heterocycles. The predicted molar refractivity (Wildman–Crippen MR) is 200 cm³/mol. The van der Waals surface area contributed by atoms with E-state index in [1.54, 1.807) is 0 Å². The molecule has 8 aromatic carbocycles. The first-order chi connectivity index (χ1) is 23.8. The van der Waals surface area contributed by atoms with Crippen LogP contribution in [-0.2, 0) is 0 Å². The molecule has 0 saturated heterocycles. The summed E-state index contributed by atoms with van der Waals surface area (Å²) in [6.07, 6.45) is 0. The zero-order chi connectivity index (χ0) is 31.9. The van der Waals surface area contributed by atoms with Crippen molar-refractivity contribution >= 4 is 49.7 Å². The van der Waals surface area contributed by atoms with Crippen molar-refractivity contribution in [2.45, 2.75) is 0 Å². The lowest BCUT2D eigenvalue weighted by atomic mass is 9.98. The van der Waals surface area contributed by atoms with Crippen molar-refractivity contribution in [3.05, 3.63) is 182 Å². The Bertz CT molecular complexity index is 2540. The molecule has 3 heteroatoms. The van der Waals surface area contributed by atoms with Crippen molar-refractivity contribution in [3.8, 4) is 33.7 Å². The van der Waals surface area contributed by atoms with E-state index < -0.39 is 0 Å². The maximum Gasteiger partial charge on any atom is 0.227 e. The number of nitrogens with zero attached hydrogens (tertiary/aromatic N) is 2. The van der Waals surface area contributed by atoms with Crippen molar-refractivity contribution in [3.63, 3.8) is 0 Å². The van der Waals surface area contributed by atoms with Crippen molar-refractivity contribution in [1.82, 2.24) is 4.98 Å². The SMILES string of the molecule is c1ccc(-c2ccc(N(c3ccc4ccc5ccc6nc(-c7ccccc7)oc6c5c4c3)c3ccccc3-c3ccccc3)cc2)cc1. The van der Waals surface area contributed by atoms with Gasteiger partial charge in [0.05, 0.1) is 5.69 Å². The minimum atomic E-state index is 0.628. The van der Waals surface area contributed by atoms with Crippen LogP contribution in [-0.4, -0.2) is 4.98 Å². The molecule has 0 aliphatic carbocycles. The Morgan fingerprint density at radius 1 is 0.438 bits per heavy atom. The van der Waals surface area contributed by atoms with E-state index >= 15 is 0 Å². The quantitative estimate of drug-likeness (QED) is 0.175. The largest absolute Gasteiger partial charge is 0.435 e. The summed E-state index contributed by atoms with van der Waals surface area (Å²) < 4.78 is 6.55. The molecule has 0 unspecified atom stereocenters. The van der Waals surface area contributed by atoms with Crippen LogP contribution in [0.3, 0.4) is 0 Å². The Labute approximate surface area is 279 Å². The minimum Gasteiger partial charge on any atom is -0.435 e. The highest BCUT2D eigenvalue weighted by atomic mass is 16.3. The lowest BCUT2D eigenvalue weighted by molar-refractivity contribution is 0.623. The third-order valence-corrected chi connectivity index (χ3v) is 9.08. The van der Waals surface area contributed by atoms with Gasteiger partial charge in [-0.05, 0) is 81.4 Å². The summed E-state index contributed by atoms with van der Waals surface area (Å²) in [5, 5.41) is 4.45. The summed E-state index contributed by atoms with van der Waals surface area (Å²) in [7, 11) is 0. The topological polar surface area (TPSA) is 29.3 Å². The normalized spacial score (nSPS) is 11.3. The zero-order valence-electron chi connectivity index (χ0n) is 26.1. The molecule has 0 saturated carbocycles. The summed E-state index contributed by atoms with van der Waals surface area (Å²) in [5.74, 6) is 0.628. The minimum absolute atomic E-state index is 0.628. The van der Waals surface area contributed by atoms with Crippen LogP contribution < -0.4 is 4.90 Å². The van der Waals surface area contributed by atoms with Gasteiger partial charge < -0.3 is 9.32 Å². The standard InChI is InChI=1S/C45H30N2O/c1-4-12-31(13-5-1)32-22-26-37(27-23-32)47(42-19-11-10-18-39(42)33-14-6-2-7-15-33)38-28-24-34-20-21-35-25-29-41-44(43(35)40(34)30-38)48-45(46-41)36-16-8-3-9-17-36/h1-30H. The maximum atomic E-state index is 6.55. The van der Waals surface area contributed by atoms with Gasteiger partial charge in [0.2, 0.25) is 5.89 Å². The van der Waals surface area contributed by atoms with E-state index in [2.05, 4.69) is 157 Å². The zero-order valence-corrected chi connectivity index (χ0v) is 26.1. The van der Waals surface area contributed by atoms with Gasteiger partial charge in [-0.3, -0.25) is 0 Å². The van der Waals surface area contributed by atoms with E-state index in [0.717, 1.165) is 60.8 Å². The van der Waals surface area contributed by atoms with Gasteiger partial charge in [0.15, 0.2) is 5.58 Å². The first-order valence-corrected chi connectivity index (χ1v) is 16.2. The first-order valence-electron chi connectivity index (χ1n) is 16.2. The van der Waals surface area contributed by atoms with E-state index in [1.165, 1.54) is 16.7 Å². The molecule has 0 aliphatic heterocycles. The van der Waals surface area contributed by atoms with Crippen LogP contribution in [0, 0.1) is 0 Å². The second-order valence-electron chi connectivity index (χ2n) is 12.0. The number of aromatic nitrogens is 1. The van der Waals surface area contributed by atoms with Gasteiger partial charge >= 0.3 is 0 Å². The number of oxazole rings is 1. The Hall–Kier alpha value is -6.45. The van der Waals surface area contributed by atoms with Crippen LogP contribution in [0.15, 0.2) is 186 Å². The van der Waals surface area contributed by atoms with Gasteiger partial charge in [0, 0.05) is 27.9 Å². The molecule has 0 radical (unpaired) electrons. The maximum absolute atomic E-state index is 6.55. The molecular weight excluding hydrogens is 585 g/mol. The lowest BCUT2D eigenvalue weighted by Crippen LogP contribution is -2.11. The molecule has 0 amide bonds. The Balaban J connectivity index is 1.27. The highest BCUT2D eigenvalue weighted by molar-refractivity contribution is 6.18. The van der Waals surface area contributed by atoms with Crippen molar-refractivity contribution in [2.24, 2.45) is 0 Å². The van der Waals surface area contributed by atoms with Crippen molar-refractivity contribution in [1.29, 1.82) is 0 Å². The number of fused-ring (bicyclic) bond motifs is 5. The fourth-order valence-corrected chi connectivity index (χ4v) is 6.74. The van der Waals surface area contributed by atoms with Crippen LogP contribution in [0.1, 0.15) is 0 Å². The van der Waals surface area contributed by atoms with Gasteiger partial charge in [-0.15, -0.1) is 0 Å². The first kappa shape index (κ1) is 27.8. The molecule has 0 spiro atoms. The Kier molecular flexibility index (Phi) is 6.80. The third kappa shape index (κ3) is 4.90. The van der Waals surface area contributed by atoms with Gasteiger partial charge in [-0.1, -0.05) is 133 Å². The number of anilines is 3. The molecule has 1 aromatic heterocycles. The molecule has 48 heavy (non-hydrogen) atoms. The molecule has 9 aromatic rings. The van der Waals surface area contributed by atoms with Gasteiger partial charge in [-0.2, -0.15) is 0 Å². The van der Waals surface area contributed by atoms with E-state index in [1.807, 2.05) is 30.3 Å². The summed E-state index contributed by atoms with van der Waals surface area (Å²) in [4.78, 5) is 7.26. The number of hydrogen-bond donors (Lipinski definition) is 0. The number of benzene rings is 8. The Morgan fingerprint density at radius 2 is 1.00 bits per heavy atom. The van der Waals surface area contributed by atoms with Crippen molar-refractivity contribution < 1.29 is 4.42 Å². The van der Waals surface area contributed by atoms with Crippen LogP contribution in [0.5, 0.6) is 0 Å². The van der Waals surface area contributed by atoms with E-state index in [0.29, 0.717) is 5.89 Å². The molecule has 226 valence electrons. The van der Waals surface area contributed by atoms with Gasteiger partial charge in [0.25, 0.3) is 0 Å². The second-order valence-corrected chi connectivity index (χ2v) is 12.0. The second kappa shape index (κ2) is 11.7.